The number of rotatable bonds is 7. The molecular formula is C14H22N2O2. The molecule has 0 aliphatic heterocycles. The van der Waals surface area contributed by atoms with Gasteiger partial charge in [-0.25, -0.2) is 0 Å². The van der Waals surface area contributed by atoms with Crippen molar-refractivity contribution in [1.82, 2.24) is 10.3 Å². The number of carbonyl (C=O) groups is 1. The van der Waals surface area contributed by atoms with Gasteiger partial charge in [-0.05, 0) is 18.1 Å². The molecule has 1 aromatic heterocycles. The summed E-state index contributed by atoms with van der Waals surface area (Å²) >= 11 is 0. The molecule has 4 nitrogen and oxygen atoms in total. The average Bonchev–Trinajstić information content (AvgIpc) is 2.35. The van der Waals surface area contributed by atoms with Gasteiger partial charge in [0.05, 0.1) is 5.92 Å². The van der Waals surface area contributed by atoms with Gasteiger partial charge in [0, 0.05) is 30.9 Å². The number of hydrogen-bond donors (Lipinski definition) is 2. The Kier molecular flexibility index (Phi) is 5.28. The first kappa shape index (κ1) is 14.6. The molecule has 0 aliphatic rings. The summed E-state index contributed by atoms with van der Waals surface area (Å²) in [5.74, 6) is -1.04. The number of pyridine rings is 1. The van der Waals surface area contributed by atoms with Crippen molar-refractivity contribution in [1.29, 1.82) is 0 Å². The van der Waals surface area contributed by atoms with Gasteiger partial charge in [0.15, 0.2) is 0 Å². The van der Waals surface area contributed by atoms with Crippen molar-refractivity contribution in [3.63, 3.8) is 0 Å². The normalized spacial score (nSPS) is 13.3. The number of carboxylic acid groups (broad SMARTS) is 1. The minimum absolute atomic E-state index is 0.0505. The lowest BCUT2D eigenvalue weighted by Crippen LogP contribution is -2.37. The van der Waals surface area contributed by atoms with E-state index in [9.17, 15) is 4.79 Å². The van der Waals surface area contributed by atoms with E-state index in [2.05, 4.69) is 24.1 Å². The van der Waals surface area contributed by atoms with Crippen molar-refractivity contribution in [3.05, 3.63) is 30.1 Å². The van der Waals surface area contributed by atoms with Crippen LogP contribution in [0, 0.1) is 5.92 Å². The standard InChI is InChI=1S/C14H22N2O2/c1-4-11(13(17)18)8-16-10-14(2,3)12-6-5-7-15-9-12/h5-7,9,11,16H,4,8,10H2,1-3H3,(H,17,18). The predicted molar refractivity (Wildman–Crippen MR) is 71.5 cm³/mol. The summed E-state index contributed by atoms with van der Waals surface area (Å²) in [6, 6.07) is 3.96. The summed E-state index contributed by atoms with van der Waals surface area (Å²) in [6.07, 6.45) is 4.26. The first-order chi connectivity index (χ1) is 8.47. The lowest BCUT2D eigenvalue weighted by molar-refractivity contribution is -0.141. The number of nitrogens with one attached hydrogen (secondary N) is 1. The minimum atomic E-state index is -0.732. The second kappa shape index (κ2) is 6.50. The fourth-order valence-corrected chi connectivity index (χ4v) is 1.83. The molecule has 0 bridgehead atoms. The van der Waals surface area contributed by atoms with E-state index in [1.54, 1.807) is 6.20 Å². The third kappa shape index (κ3) is 4.11. The van der Waals surface area contributed by atoms with Crippen LogP contribution in [0.4, 0.5) is 0 Å². The van der Waals surface area contributed by atoms with Crippen LogP contribution in [0.25, 0.3) is 0 Å². The molecule has 0 amide bonds. The van der Waals surface area contributed by atoms with Gasteiger partial charge in [-0.1, -0.05) is 26.8 Å². The first-order valence-electron chi connectivity index (χ1n) is 6.31. The maximum Gasteiger partial charge on any atom is 0.307 e. The van der Waals surface area contributed by atoms with E-state index in [1.807, 2.05) is 25.3 Å². The van der Waals surface area contributed by atoms with Gasteiger partial charge in [-0.2, -0.15) is 0 Å². The highest BCUT2D eigenvalue weighted by Crippen LogP contribution is 2.20. The zero-order chi connectivity index (χ0) is 13.6. The molecule has 0 aliphatic carbocycles. The van der Waals surface area contributed by atoms with Crippen LogP contribution in [0.15, 0.2) is 24.5 Å². The molecule has 1 rings (SSSR count). The predicted octanol–water partition coefficient (Wildman–Crippen LogP) is 2.06. The van der Waals surface area contributed by atoms with Gasteiger partial charge in [-0.3, -0.25) is 9.78 Å². The zero-order valence-corrected chi connectivity index (χ0v) is 11.3. The van der Waals surface area contributed by atoms with Crippen LogP contribution in [-0.2, 0) is 10.2 Å². The highest BCUT2D eigenvalue weighted by Gasteiger charge is 2.22. The molecule has 1 unspecified atom stereocenters. The Morgan fingerprint density at radius 3 is 2.78 bits per heavy atom. The highest BCUT2D eigenvalue weighted by molar-refractivity contribution is 5.70. The molecule has 0 fully saturated rings. The molecule has 2 N–H and O–H groups in total. The van der Waals surface area contributed by atoms with Gasteiger partial charge in [0.1, 0.15) is 0 Å². The van der Waals surface area contributed by atoms with Gasteiger partial charge in [0.2, 0.25) is 0 Å². The van der Waals surface area contributed by atoms with Crippen molar-refractivity contribution in [2.24, 2.45) is 5.92 Å². The van der Waals surface area contributed by atoms with Crippen LogP contribution in [-0.4, -0.2) is 29.1 Å². The molecule has 100 valence electrons. The maximum atomic E-state index is 10.9. The molecule has 0 radical (unpaired) electrons. The van der Waals surface area contributed by atoms with Crippen LogP contribution in [0.1, 0.15) is 32.8 Å². The molecule has 0 spiro atoms. The van der Waals surface area contributed by atoms with Crippen LogP contribution >= 0.6 is 0 Å². The van der Waals surface area contributed by atoms with E-state index >= 15 is 0 Å². The summed E-state index contributed by atoms with van der Waals surface area (Å²) in [4.78, 5) is 15.0. The number of aromatic nitrogens is 1. The zero-order valence-electron chi connectivity index (χ0n) is 11.3. The van der Waals surface area contributed by atoms with E-state index in [1.165, 1.54) is 0 Å². The second-order valence-electron chi connectivity index (χ2n) is 5.20. The molecule has 0 saturated heterocycles. The second-order valence-corrected chi connectivity index (χ2v) is 5.20. The third-order valence-electron chi connectivity index (χ3n) is 3.24. The molecule has 1 heterocycles. The molecule has 1 aromatic rings. The lowest BCUT2D eigenvalue weighted by atomic mass is 9.85. The Balaban J connectivity index is 2.50. The fourth-order valence-electron chi connectivity index (χ4n) is 1.83. The van der Waals surface area contributed by atoms with Crippen molar-refractivity contribution >= 4 is 5.97 Å². The minimum Gasteiger partial charge on any atom is -0.481 e. The average molecular weight is 250 g/mol. The van der Waals surface area contributed by atoms with Crippen LogP contribution in [0.3, 0.4) is 0 Å². The van der Waals surface area contributed by atoms with Gasteiger partial charge < -0.3 is 10.4 Å². The van der Waals surface area contributed by atoms with Crippen molar-refractivity contribution < 1.29 is 9.90 Å². The smallest absolute Gasteiger partial charge is 0.307 e. The monoisotopic (exact) mass is 250 g/mol. The molecule has 1 atom stereocenters. The Bertz CT molecular complexity index is 377. The molecule has 0 saturated carbocycles. The number of aliphatic carboxylic acids is 1. The Morgan fingerprint density at radius 1 is 1.56 bits per heavy atom. The Hall–Kier alpha value is -1.42. The SMILES string of the molecule is CCC(CNCC(C)(C)c1cccnc1)C(=O)O. The highest BCUT2D eigenvalue weighted by atomic mass is 16.4. The van der Waals surface area contributed by atoms with Crippen LogP contribution in [0.2, 0.25) is 0 Å². The summed E-state index contributed by atoms with van der Waals surface area (Å²) in [5.41, 5.74) is 1.10. The van der Waals surface area contributed by atoms with E-state index in [4.69, 9.17) is 5.11 Å². The summed E-state index contributed by atoms with van der Waals surface area (Å²) in [7, 11) is 0. The first-order valence-corrected chi connectivity index (χ1v) is 6.31. The molecule has 18 heavy (non-hydrogen) atoms. The number of nitrogens with zero attached hydrogens (tertiary/aromatic N) is 1. The van der Waals surface area contributed by atoms with Crippen molar-refractivity contribution in [3.8, 4) is 0 Å². The van der Waals surface area contributed by atoms with Crippen molar-refractivity contribution in [2.45, 2.75) is 32.6 Å². The Morgan fingerprint density at radius 2 is 2.28 bits per heavy atom. The van der Waals surface area contributed by atoms with E-state index in [-0.39, 0.29) is 11.3 Å². The Labute approximate surface area is 108 Å². The van der Waals surface area contributed by atoms with Crippen LogP contribution < -0.4 is 5.32 Å². The topological polar surface area (TPSA) is 62.2 Å². The quantitative estimate of drug-likeness (QED) is 0.777. The summed E-state index contributed by atoms with van der Waals surface area (Å²) in [6.45, 7) is 7.39. The molecule has 4 heteroatoms. The summed E-state index contributed by atoms with van der Waals surface area (Å²) < 4.78 is 0. The van der Waals surface area contributed by atoms with Gasteiger partial charge in [0.25, 0.3) is 0 Å². The maximum absolute atomic E-state index is 10.9. The molecular weight excluding hydrogens is 228 g/mol. The lowest BCUT2D eigenvalue weighted by Gasteiger charge is -2.26. The van der Waals surface area contributed by atoms with Crippen molar-refractivity contribution in [2.75, 3.05) is 13.1 Å². The van der Waals surface area contributed by atoms with Crippen LogP contribution in [0.5, 0.6) is 0 Å². The van der Waals surface area contributed by atoms with Gasteiger partial charge in [-0.15, -0.1) is 0 Å². The summed E-state index contributed by atoms with van der Waals surface area (Å²) in [5, 5.41) is 12.2. The third-order valence-corrected chi connectivity index (χ3v) is 3.24. The van der Waals surface area contributed by atoms with E-state index in [0.717, 1.165) is 12.1 Å². The van der Waals surface area contributed by atoms with Gasteiger partial charge >= 0.3 is 5.97 Å². The molecule has 0 aromatic carbocycles. The largest absolute Gasteiger partial charge is 0.481 e. The fraction of sp³-hybridized carbons (Fsp3) is 0.571. The van der Waals surface area contributed by atoms with E-state index < -0.39 is 5.97 Å². The number of carboxylic acids is 1. The number of hydrogen-bond acceptors (Lipinski definition) is 3. The van der Waals surface area contributed by atoms with E-state index in [0.29, 0.717) is 13.0 Å².